The van der Waals surface area contributed by atoms with E-state index in [4.69, 9.17) is 4.74 Å². The summed E-state index contributed by atoms with van der Waals surface area (Å²) >= 11 is 0. The van der Waals surface area contributed by atoms with Gasteiger partial charge in [0.25, 0.3) is 0 Å². The number of hydrogen-bond donors (Lipinski definition) is 1. The van der Waals surface area contributed by atoms with Gasteiger partial charge in [0, 0.05) is 24.8 Å². The normalized spacial score (nSPS) is 19.3. The Morgan fingerprint density at radius 1 is 1.14 bits per heavy atom. The van der Waals surface area contributed by atoms with Crippen molar-refractivity contribution in [2.45, 2.75) is 90.4 Å². The number of rotatable bonds is 10. The van der Waals surface area contributed by atoms with Crippen LogP contribution in [0.2, 0.25) is 0 Å². The number of amides is 2. The number of carbonyl (C=O) groups excluding carboxylic acids is 2. The quantitative estimate of drug-likeness (QED) is 0.558. The Hall–Kier alpha value is -2.81. The number of nitrogens with one attached hydrogen (secondary N) is 1. The maximum Gasteiger partial charge on any atom is 0.247 e. The molecule has 1 aliphatic carbocycles. The zero-order valence-electron chi connectivity index (χ0n) is 21.2. The minimum atomic E-state index is -0.521. The van der Waals surface area contributed by atoms with Gasteiger partial charge < -0.3 is 15.0 Å². The number of tetrazole rings is 1. The summed E-state index contributed by atoms with van der Waals surface area (Å²) in [6.07, 6.45) is 6.63. The molecule has 1 aromatic carbocycles. The Labute approximate surface area is 207 Å². The SMILES string of the molecule is Cc1ccc(-c2nnn(CC(=O)N(C3CCCC3)[C@H](CC(C)C)C(=O)NC[C@@H]3CCCO3)n2)cc1. The Kier molecular flexibility index (Phi) is 8.49. The van der Waals surface area contributed by atoms with Crippen molar-refractivity contribution in [3.63, 3.8) is 0 Å². The minimum absolute atomic E-state index is 0.0387. The molecule has 9 heteroatoms. The fraction of sp³-hybridized carbons (Fsp3) is 0.654. The summed E-state index contributed by atoms with van der Waals surface area (Å²) < 4.78 is 5.67. The zero-order chi connectivity index (χ0) is 24.8. The van der Waals surface area contributed by atoms with Gasteiger partial charge >= 0.3 is 0 Å². The molecule has 1 N–H and O–H groups in total. The molecule has 190 valence electrons. The monoisotopic (exact) mass is 482 g/mol. The van der Waals surface area contributed by atoms with Crippen molar-refractivity contribution in [2.24, 2.45) is 5.92 Å². The molecule has 2 aromatic rings. The van der Waals surface area contributed by atoms with E-state index in [1.807, 2.05) is 36.1 Å². The maximum atomic E-state index is 13.7. The van der Waals surface area contributed by atoms with Crippen molar-refractivity contribution in [2.75, 3.05) is 13.2 Å². The van der Waals surface area contributed by atoms with Gasteiger partial charge in [0.1, 0.15) is 12.6 Å². The molecule has 2 amide bonds. The molecule has 9 nitrogen and oxygen atoms in total. The van der Waals surface area contributed by atoms with Crippen LogP contribution in [0.4, 0.5) is 0 Å². The second-order valence-corrected chi connectivity index (χ2v) is 10.3. The molecule has 1 saturated heterocycles. The van der Waals surface area contributed by atoms with Crippen molar-refractivity contribution in [3.05, 3.63) is 29.8 Å². The van der Waals surface area contributed by atoms with E-state index >= 15 is 0 Å². The smallest absolute Gasteiger partial charge is 0.247 e. The first-order valence-corrected chi connectivity index (χ1v) is 13.0. The van der Waals surface area contributed by atoms with E-state index in [-0.39, 0.29) is 36.4 Å². The van der Waals surface area contributed by atoms with Crippen LogP contribution in [-0.2, 0) is 20.9 Å². The summed E-state index contributed by atoms with van der Waals surface area (Å²) in [5.41, 5.74) is 2.01. The first kappa shape index (κ1) is 25.3. The van der Waals surface area contributed by atoms with Crippen LogP contribution in [0.5, 0.6) is 0 Å². The molecule has 0 unspecified atom stereocenters. The highest BCUT2D eigenvalue weighted by Gasteiger charge is 2.37. The Bertz CT molecular complexity index is 977. The number of benzene rings is 1. The molecular weight excluding hydrogens is 444 g/mol. The lowest BCUT2D eigenvalue weighted by Crippen LogP contribution is -2.55. The van der Waals surface area contributed by atoms with Crippen LogP contribution >= 0.6 is 0 Å². The van der Waals surface area contributed by atoms with Gasteiger partial charge in [0.15, 0.2) is 0 Å². The lowest BCUT2D eigenvalue weighted by molar-refractivity contribution is -0.144. The van der Waals surface area contributed by atoms with Gasteiger partial charge in [0.05, 0.1) is 6.10 Å². The predicted molar refractivity (Wildman–Crippen MR) is 132 cm³/mol. The average Bonchev–Trinajstić information content (AvgIpc) is 3.61. The van der Waals surface area contributed by atoms with E-state index in [9.17, 15) is 9.59 Å². The van der Waals surface area contributed by atoms with E-state index in [0.717, 1.165) is 56.3 Å². The van der Waals surface area contributed by atoms with E-state index in [0.29, 0.717) is 18.8 Å². The van der Waals surface area contributed by atoms with Crippen molar-refractivity contribution in [1.82, 2.24) is 30.4 Å². The van der Waals surface area contributed by atoms with E-state index < -0.39 is 6.04 Å². The van der Waals surface area contributed by atoms with Crippen molar-refractivity contribution < 1.29 is 14.3 Å². The number of ether oxygens (including phenoxy) is 1. The minimum Gasteiger partial charge on any atom is -0.376 e. The highest BCUT2D eigenvalue weighted by molar-refractivity contribution is 5.88. The van der Waals surface area contributed by atoms with E-state index in [1.165, 1.54) is 4.80 Å². The lowest BCUT2D eigenvalue weighted by atomic mass is 9.99. The van der Waals surface area contributed by atoms with Crippen molar-refractivity contribution >= 4 is 11.8 Å². The first-order chi connectivity index (χ1) is 16.9. The molecule has 2 aliphatic rings. The molecule has 35 heavy (non-hydrogen) atoms. The van der Waals surface area contributed by atoms with E-state index in [2.05, 4.69) is 34.6 Å². The Morgan fingerprint density at radius 3 is 2.54 bits per heavy atom. The molecule has 4 rings (SSSR count). The maximum absolute atomic E-state index is 13.7. The van der Waals surface area contributed by atoms with Crippen LogP contribution in [0.3, 0.4) is 0 Å². The number of aromatic nitrogens is 4. The van der Waals surface area contributed by atoms with Gasteiger partial charge in [-0.3, -0.25) is 9.59 Å². The van der Waals surface area contributed by atoms with Crippen molar-refractivity contribution in [1.29, 1.82) is 0 Å². The summed E-state index contributed by atoms with van der Waals surface area (Å²) in [6, 6.07) is 7.41. The highest BCUT2D eigenvalue weighted by Crippen LogP contribution is 2.28. The second-order valence-electron chi connectivity index (χ2n) is 10.3. The largest absolute Gasteiger partial charge is 0.376 e. The lowest BCUT2D eigenvalue weighted by Gasteiger charge is -2.36. The summed E-state index contributed by atoms with van der Waals surface area (Å²) in [4.78, 5) is 30.2. The molecule has 0 spiro atoms. The van der Waals surface area contributed by atoms with Crippen LogP contribution in [-0.4, -0.2) is 68.3 Å². The summed E-state index contributed by atoms with van der Waals surface area (Å²) in [5.74, 6) is 0.519. The second kappa shape index (κ2) is 11.7. The Balaban J connectivity index is 1.50. The van der Waals surface area contributed by atoms with Gasteiger partial charge in [-0.1, -0.05) is 56.5 Å². The number of aryl methyl sites for hydroxylation is 1. The molecule has 1 aromatic heterocycles. The molecule has 2 atom stereocenters. The average molecular weight is 483 g/mol. The third kappa shape index (κ3) is 6.66. The van der Waals surface area contributed by atoms with Crippen LogP contribution in [0.25, 0.3) is 11.4 Å². The summed E-state index contributed by atoms with van der Waals surface area (Å²) in [7, 11) is 0. The third-order valence-electron chi connectivity index (χ3n) is 6.91. The van der Waals surface area contributed by atoms with Gasteiger partial charge in [-0.2, -0.15) is 4.80 Å². The summed E-state index contributed by atoms with van der Waals surface area (Å²) in [5, 5.41) is 15.8. The predicted octanol–water partition coefficient (Wildman–Crippen LogP) is 3.13. The fourth-order valence-electron chi connectivity index (χ4n) is 5.08. The molecule has 2 fully saturated rings. The first-order valence-electron chi connectivity index (χ1n) is 13.0. The van der Waals surface area contributed by atoms with Crippen LogP contribution in [0, 0.1) is 12.8 Å². The van der Waals surface area contributed by atoms with Crippen LogP contribution < -0.4 is 5.32 Å². The molecule has 0 radical (unpaired) electrons. The molecule has 1 saturated carbocycles. The fourth-order valence-corrected chi connectivity index (χ4v) is 5.08. The van der Waals surface area contributed by atoms with Gasteiger partial charge in [0.2, 0.25) is 17.6 Å². The highest BCUT2D eigenvalue weighted by atomic mass is 16.5. The number of hydrogen-bond acceptors (Lipinski definition) is 6. The Morgan fingerprint density at radius 2 is 1.89 bits per heavy atom. The number of nitrogens with zero attached hydrogens (tertiary/aromatic N) is 5. The van der Waals surface area contributed by atoms with Crippen LogP contribution in [0.1, 0.15) is 64.4 Å². The van der Waals surface area contributed by atoms with Crippen LogP contribution in [0.15, 0.2) is 24.3 Å². The third-order valence-corrected chi connectivity index (χ3v) is 6.91. The molecule has 0 bridgehead atoms. The molecule has 2 heterocycles. The van der Waals surface area contributed by atoms with Gasteiger partial charge in [-0.25, -0.2) is 0 Å². The standard InChI is InChI=1S/C26H38N6O3/c1-18(2)15-23(26(34)27-16-22-9-6-14-35-22)32(21-7-4-5-8-21)24(33)17-31-29-25(28-30-31)20-12-10-19(3)11-13-20/h10-13,18,21-23H,4-9,14-17H2,1-3H3,(H,27,34)/t22-,23+/m0/s1. The molecule has 1 aliphatic heterocycles. The number of carbonyl (C=O) groups is 2. The summed E-state index contributed by atoms with van der Waals surface area (Å²) in [6.45, 7) is 7.40. The van der Waals surface area contributed by atoms with E-state index in [1.54, 1.807) is 0 Å². The molecular formula is C26H38N6O3. The topological polar surface area (TPSA) is 102 Å². The van der Waals surface area contributed by atoms with Crippen molar-refractivity contribution in [3.8, 4) is 11.4 Å². The van der Waals surface area contributed by atoms with Gasteiger partial charge in [-0.15, -0.1) is 10.2 Å². The zero-order valence-corrected chi connectivity index (χ0v) is 21.2. The van der Waals surface area contributed by atoms with Gasteiger partial charge in [-0.05, 0) is 50.2 Å².